The first-order chi connectivity index (χ1) is 7.86. The van der Waals surface area contributed by atoms with Crippen LogP contribution in [-0.4, -0.2) is 60.8 Å². The van der Waals surface area contributed by atoms with Crippen LogP contribution in [0.5, 0.6) is 0 Å². The molecule has 0 spiro atoms. The average Bonchev–Trinajstić information content (AvgIpc) is 2.34. The normalized spacial score (nSPS) is 18.2. The predicted octanol–water partition coefficient (Wildman–Crippen LogP) is 1.57. The van der Waals surface area contributed by atoms with Crippen LogP contribution in [0.25, 0.3) is 0 Å². The van der Waals surface area contributed by atoms with Crippen molar-refractivity contribution in [3.8, 4) is 0 Å². The van der Waals surface area contributed by atoms with E-state index in [1.54, 1.807) is 0 Å². The van der Waals surface area contributed by atoms with E-state index < -0.39 is 0 Å². The zero-order chi connectivity index (χ0) is 11.6. The molecule has 0 aromatic carbocycles. The minimum Gasteiger partial charge on any atom is -0.395 e. The quantitative estimate of drug-likeness (QED) is 0.683. The fourth-order valence-corrected chi connectivity index (χ4v) is 2.32. The molecule has 1 aliphatic heterocycles. The van der Waals surface area contributed by atoms with E-state index in [-0.39, 0.29) is 0 Å². The summed E-state index contributed by atoms with van der Waals surface area (Å²) in [6, 6.07) is 0. The van der Waals surface area contributed by atoms with E-state index >= 15 is 0 Å². The maximum Gasteiger partial charge on any atom is 0.0558 e. The molecule has 0 bridgehead atoms. The van der Waals surface area contributed by atoms with Crippen LogP contribution < -0.4 is 0 Å². The van der Waals surface area contributed by atoms with Gasteiger partial charge in [0.1, 0.15) is 0 Å². The molecule has 3 nitrogen and oxygen atoms in total. The Morgan fingerprint density at radius 2 is 1.81 bits per heavy atom. The lowest BCUT2D eigenvalue weighted by molar-refractivity contribution is 0.156. The van der Waals surface area contributed by atoms with Crippen LogP contribution >= 0.6 is 0 Å². The van der Waals surface area contributed by atoms with Crippen molar-refractivity contribution in [2.45, 2.75) is 39.0 Å². The summed E-state index contributed by atoms with van der Waals surface area (Å²) in [5.41, 5.74) is 0. The summed E-state index contributed by atoms with van der Waals surface area (Å²) in [6.45, 7) is 9.37. The second-order valence-electron chi connectivity index (χ2n) is 4.82. The van der Waals surface area contributed by atoms with E-state index in [2.05, 4.69) is 16.7 Å². The third-order valence-electron chi connectivity index (χ3n) is 3.43. The highest BCUT2D eigenvalue weighted by Crippen LogP contribution is 2.08. The van der Waals surface area contributed by atoms with Gasteiger partial charge in [-0.15, -0.1) is 0 Å². The molecule has 0 amide bonds. The summed E-state index contributed by atoms with van der Waals surface area (Å²) < 4.78 is 0. The van der Waals surface area contributed by atoms with E-state index in [0.29, 0.717) is 6.61 Å². The molecular formula is C13H28N2O. The molecule has 3 heteroatoms. The number of unbranched alkanes of at least 4 members (excludes halogenated alkanes) is 1. The molecule has 0 radical (unpaired) electrons. The van der Waals surface area contributed by atoms with Gasteiger partial charge in [0.2, 0.25) is 0 Å². The molecule has 16 heavy (non-hydrogen) atoms. The minimum absolute atomic E-state index is 0.295. The van der Waals surface area contributed by atoms with Crippen LogP contribution in [0.4, 0.5) is 0 Å². The fourth-order valence-electron chi connectivity index (χ4n) is 2.32. The summed E-state index contributed by atoms with van der Waals surface area (Å²) in [5.74, 6) is 0. The molecule has 0 unspecified atom stereocenters. The van der Waals surface area contributed by atoms with Gasteiger partial charge >= 0.3 is 0 Å². The molecule has 1 fully saturated rings. The van der Waals surface area contributed by atoms with Gasteiger partial charge < -0.3 is 10.0 Å². The summed E-state index contributed by atoms with van der Waals surface area (Å²) >= 11 is 0. The number of aliphatic hydroxyl groups excluding tert-OH is 1. The smallest absolute Gasteiger partial charge is 0.0558 e. The van der Waals surface area contributed by atoms with Crippen LogP contribution in [-0.2, 0) is 0 Å². The monoisotopic (exact) mass is 228 g/mol. The Labute approximate surface area is 100 Å². The van der Waals surface area contributed by atoms with Gasteiger partial charge in [-0.2, -0.15) is 0 Å². The number of hydrogen-bond donors (Lipinski definition) is 1. The number of nitrogens with zero attached hydrogens (tertiary/aromatic N) is 2. The summed E-state index contributed by atoms with van der Waals surface area (Å²) in [7, 11) is 0. The van der Waals surface area contributed by atoms with Crippen molar-refractivity contribution in [1.82, 2.24) is 9.80 Å². The maximum atomic E-state index is 9.02. The predicted molar refractivity (Wildman–Crippen MR) is 68.7 cm³/mol. The van der Waals surface area contributed by atoms with Crippen molar-refractivity contribution in [1.29, 1.82) is 0 Å². The van der Waals surface area contributed by atoms with Gasteiger partial charge in [-0.1, -0.05) is 19.8 Å². The third-order valence-corrected chi connectivity index (χ3v) is 3.43. The molecular weight excluding hydrogens is 200 g/mol. The van der Waals surface area contributed by atoms with Crippen LogP contribution in [0.15, 0.2) is 0 Å². The molecule has 0 aliphatic carbocycles. The van der Waals surface area contributed by atoms with E-state index in [4.69, 9.17) is 5.11 Å². The summed E-state index contributed by atoms with van der Waals surface area (Å²) in [6.07, 6.45) is 6.64. The highest BCUT2D eigenvalue weighted by atomic mass is 16.3. The van der Waals surface area contributed by atoms with Gasteiger partial charge in [-0.25, -0.2) is 0 Å². The zero-order valence-electron chi connectivity index (χ0n) is 10.8. The topological polar surface area (TPSA) is 26.7 Å². The number of piperidine rings is 1. The van der Waals surface area contributed by atoms with Crippen molar-refractivity contribution < 1.29 is 5.11 Å². The Kier molecular flexibility index (Phi) is 7.81. The molecule has 1 saturated heterocycles. The van der Waals surface area contributed by atoms with Gasteiger partial charge in [-0.3, -0.25) is 4.90 Å². The van der Waals surface area contributed by atoms with Gasteiger partial charge in [-0.05, 0) is 38.9 Å². The SMILES string of the molecule is CCCCN(CCO)CCN1CCCCC1. The lowest BCUT2D eigenvalue weighted by Gasteiger charge is -2.29. The molecule has 1 N–H and O–H groups in total. The molecule has 0 aromatic heterocycles. The second-order valence-corrected chi connectivity index (χ2v) is 4.82. The maximum absolute atomic E-state index is 9.02. The number of likely N-dealkylation sites (tertiary alicyclic amines) is 1. The lowest BCUT2D eigenvalue weighted by atomic mass is 10.1. The molecule has 0 aromatic rings. The molecule has 1 heterocycles. The van der Waals surface area contributed by atoms with Crippen molar-refractivity contribution in [3.63, 3.8) is 0 Å². The largest absolute Gasteiger partial charge is 0.395 e. The number of aliphatic hydroxyl groups is 1. The van der Waals surface area contributed by atoms with Gasteiger partial charge in [0, 0.05) is 19.6 Å². The Balaban J connectivity index is 2.14. The first kappa shape index (κ1) is 13.9. The fraction of sp³-hybridized carbons (Fsp3) is 1.00. The average molecular weight is 228 g/mol. The first-order valence-electron chi connectivity index (χ1n) is 6.92. The molecule has 1 rings (SSSR count). The Morgan fingerprint density at radius 3 is 2.44 bits per heavy atom. The van der Waals surface area contributed by atoms with E-state index in [1.807, 2.05) is 0 Å². The van der Waals surface area contributed by atoms with Gasteiger partial charge in [0.05, 0.1) is 6.61 Å². The minimum atomic E-state index is 0.295. The Morgan fingerprint density at radius 1 is 1.06 bits per heavy atom. The van der Waals surface area contributed by atoms with Crippen LogP contribution in [0, 0.1) is 0 Å². The molecule has 96 valence electrons. The van der Waals surface area contributed by atoms with Crippen LogP contribution in [0.3, 0.4) is 0 Å². The van der Waals surface area contributed by atoms with Crippen LogP contribution in [0.1, 0.15) is 39.0 Å². The lowest BCUT2D eigenvalue weighted by Crippen LogP contribution is -2.39. The zero-order valence-corrected chi connectivity index (χ0v) is 10.8. The third kappa shape index (κ3) is 5.83. The van der Waals surface area contributed by atoms with Crippen molar-refractivity contribution in [2.24, 2.45) is 0 Å². The van der Waals surface area contributed by atoms with Crippen molar-refractivity contribution >= 4 is 0 Å². The molecule has 1 aliphatic rings. The van der Waals surface area contributed by atoms with Gasteiger partial charge in [0.25, 0.3) is 0 Å². The molecule has 0 saturated carbocycles. The molecule has 0 atom stereocenters. The number of rotatable bonds is 8. The standard InChI is InChI=1S/C13H28N2O/c1-2-3-7-15(12-13-16)11-10-14-8-5-4-6-9-14/h16H,2-13H2,1H3. The Hall–Kier alpha value is -0.120. The van der Waals surface area contributed by atoms with Gasteiger partial charge in [0.15, 0.2) is 0 Å². The van der Waals surface area contributed by atoms with Crippen molar-refractivity contribution in [3.05, 3.63) is 0 Å². The number of hydrogen-bond acceptors (Lipinski definition) is 3. The van der Waals surface area contributed by atoms with Crippen molar-refractivity contribution in [2.75, 3.05) is 45.9 Å². The van der Waals surface area contributed by atoms with E-state index in [9.17, 15) is 0 Å². The van der Waals surface area contributed by atoms with Crippen LogP contribution in [0.2, 0.25) is 0 Å². The first-order valence-corrected chi connectivity index (χ1v) is 6.92. The highest BCUT2D eigenvalue weighted by molar-refractivity contribution is 4.67. The summed E-state index contributed by atoms with van der Waals surface area (Å²) in [5, 5.41) is 9.02. The van der Waals surface area contributed by atoms with E-state index in [1.165, 1.54) is 51.7 Å². The highest BCUT2D eigenvalue weighted by Gasteiger charge is 2.11. The van der Waals surface area contributed by atoms with E-state index in [0.717, 1.165) is 19.6 Å². The Bertz CT molecular complexity index is 158. The summed E-state index contributed by atoms with van der Waals surface area (Å²) in [4.78, 5) is 4.97. The second kappa shape index (κ2) is 8.97.